The van der Waals surface area contributed by atoms with Crippen molar-refractivity contribution in [2.45, 2.75) is 24.3 Å². The minimum Gasteiger partial charge on any atom is -0.207 e. The highest BCUT2D eigenvalue weighted by atomic mass is 32.2. The van der Waals surface area contributed by atoms with Gasteiger partial charge in [-0.2, -0.15) is 0 Å². The fourth-order valence-electron chi connectivity index (χ4n) is 2.00. The average Bonchev–Trinajstić information content (AvgIpc) is 2.48. The van der Waals surface area contributed by atoms with E-state index in [0.717, 1.165) is 11.1 Å². The van der Waals surface area contributed by atoms with Crippen LogP contribution in [0.5, 0.6) is 0 Å². The second-order valence-corrected chi connectivity index (χ2v) is 6.52. The van der Waals surface area contributed by atoms with Crippen molar-refractivity contribution in [3.63, 3.8) is 0 Å². The quantitative estimate of drug-likeness (QED) is 0.863. The van der Waals surface area contributed by atoms with E-state index in [-0.39, 0.29) is 4.90 Å². The third-order valence-corrected chi connectivity index (χ3v) is 4.64. The van der Waals surface area contributed by atoms with Gasteiger partial charge in [0, 0.05) is 6.42 Å². The van der Waals surface area contributed by atoms with Crippen LogP contribution < -0.4 is 4.72 Å². The minimum absolute atomic E-state index is 0.242. The molecule has 0 aliphatic heterocycles. The number of hydrogen-bond acceptors (Lipinski definition) is 2. The first-order valence-corrected chi connectivity index (χ1v) is 8.08. The van der Waals surface area contributed by atoms with E-state index in [2.05, 4.69) is 10.6 Å². The summed E-state index contributed by atoms with van der Waals surface area (Å²) in [5.41, 5.74) is 1.86. The van der Waals surface area contributed by atoms with Crippen molar-refractivity contribution in [1.29, 1.82) is 0 Å². The van der Waals surface area contributed by atoms with Gasteiger partial charge in [-0.15, -0.1) is 12.3 Å². The Morgan fingerprint density at radius 2 is 1.71 bits per heavy atom. The summed E-state index contributed by atoms with van der Waals surface area (Å²) in [6, 6.07) is 15.6. The van der Waals surface area contributed by atoms with Gasteiger partial charge in [0.05, 0.1) is 10.9 Å². The summed E-state index contributed by atoms with van der Waals surface area (Å²) in [7, 11) is -3.59. The molecule has 0 saturated carbocycles. The lowest BCUT2D eigenvalue weighted by Gasteiger charge is -2.17. The molecule has 1 unspecified atom stereocenters. The Hall–Kier alpha value is -2.09. The SMILES string of the molecule is C#CCC(NS(=O)(=O)c1ccc(C)cc1)c1ccccc1. The molecule has 0 fully saturated rings. The van der Waals surface area contributed by atoms with Crippen molar-refractivity contribution in [3.8, 4) is 12.3 Å². The minimum atomic E-state index is -3.59. The maximum Gasteiger partial charge on any atom is 0.241 e. The van der Waals surface area contributed by atoms with Crippen molar-refractivity contribution in [3.05, 3.63) is 65.7 Å². The van der Waals surface area contributed by atoms with Crippen LogP contribution in [-0.4, -0.2) is 8.42 Å². The van der Waals surface area contributed by atoms with E-state index in [1.165, 1.54) is 0 Å². The number of sulfonamides is 1. The zero-order valence-electron chi connectivity index (χ0n) is 11.8. The van der Waals surface area contributed by atoms with Crippen LogP contribution in [0.25, 0.3) is 0 Å². The van der Waals surface area contributed by atoms with Crippen molar-refractivity contribution in [2.24, 2.45) is 0 Å². The van der Waals surface area contributed by atoms with Gasteiger partial charge in [0.2, 0.25) is 10.0 Å². The molecule has 2 aromatic rings. The standard InChI is InChI=1S/C17H17NO2S/c1-3-7-17(15-8-5-4-6-9-15)18-21(19,20)16-12-10-14(2)11-13-16/h1,4-6,8-13,17-18H,7H2,2H3. The first-order chi connectivity index (χ1) is 10.0. The number of nitrogens with one attached hydrogen (secondary N) is 1. The molecule has 0 aliphatic rings. The zero-order valence-corrected chi connectivity index (χ0v) is 12.6. The molecule has 2 aromatic carbocycles. The molecule has 0 spiro atoms. The Morgan fingerprint density at radius 1 is 1.10 bits per heavy atom. The van der Waals surface area contributed by atoms with Crippen LogP contribution in [0.2, 0.25) is 0 Å². The highest BCUT2D eigenvalue weighted by Gasteiger charge is 2.20. The molecule has 0 heterocycles. The second kappa shape index (κ2) is 6.57. The Morgan fingerprint density at radius 3 is 2.29 bits per heavy atom. The summed E-state index contributed by atoms with van der Waals surface area (Å²) in [6.45, 7) is 1.91. The number of hydrogen-bond donors (Lipinski definition) is 1. The zero-order chi connectivity index (χ0) is 15.3. The van der Waals surface area contributed by atoms with Crippen molar-refractivity contribution in [1.82, 2.24) is 4.72 Å². The van der Waals surface area contributed by atoms with Gasteiger partial charge >= 0.3 is 0 Å². The van der Waals surface area contributed by atoms with E-state index in [4.69, 9.17) is 6.42 Å². The summed E-state index contributed by atoms with van der Waals surface area (Å²) in [5.74, 6) is 2.52. The van der Waals surface area contributed by atoms with Gasteiger partial charge in [0.15, 0.2) is 0 Å². The normalized spacial score (nSPS) is 12.6. The van der Waals surface area contributed by atoms with E-state index in [1.807, 2.05) is 37.3 Å². The fraction of sp³-hybridized carbons (Fsp3) is 0.176. The Balaban J connectivity index is 2.28. The lowest BCUT2D eigenvalue weighted by molar-refractivity contribution is 0.559. The van der Waals surface area contributed by atoms with Gasteiger partial charge in [0.25, 0.3) is 0 Å². The predicted octanol–water partition coefficient (Wildman–Crippen LogP) is 3.04. The number of terminal acetylenes is 1. The molecule has 0 saturated heterocycles. The van der Waals surface area contributed by atoms with E-state index in [0.29, 0.717) is 6.42 Å². The lowest BCUT2D eigenvalue weighted by Crippen LogP contribution is -2.28. The highest BCUT2D eigenvalue weighted by Crippen LogP contribution is 2.20. The molecule has 21 heavy (non-hydrogen) atoms. The van der Waals surface area contributed by atoms with Crippen LogP contribution >= 0.6 is 0 Å². The predicted molar refractivity (Wildman–Crippen MR) is 84.1 cm³/mol. The van der Waals surface area contributed by atoms with E-state index in [9.17, 15) is 8.42 Å². The van der Waals surface area contributed by atoms with Gasteiger partial charge in [-0.1, -0.05) is 48.0 Å². The van der Waals surface area contributed by atoms with Crippen LogP contribution in [-0.2, 0) is 10.0 Å². The van der Waals surface area contributed by atoms with Crippen molar-refractivity contribution >= 4 is 10.0 Å². The fourth-order valence-corrected chi connectivity index (χ4v) is 3.23. The third-order valence-electron chi connectivity index (χ3n) is 3.15. The number of aryl methyl sites for hydroxylation is 1. The van der Waals surface area contributed by atoms with Gasteiger partial charge in [-0.05, 0) is 24.6 Å². The Kier molecular flexibility index (Phi) is 4.79. The maximum atomic E-state index is 12.4. The molecule has 0 bridgehead atoms. The van der Waals surface area contributed by atoms with Gasteiger partial charge < -0.3 is 0 Å². The van der Waals surface area contributed by atoms with Crippen LogP contribution in [0.1, 0.15) is 23.6 Å². The van der Waals surface area contributed by atoms with Crippen molar-refractivity contribution < 1.29 is 8.42 Å². The Bertz CT molecular complexity index is 729. The van der Waals surface area contributed by atoms with E-state index >= 15 is 0 Å². The molecule has 1 atom stereocenters. The van der Waals surface area contributed by atoms with Gasteiger partial charge in [-0.3, -0.25) is 0 Å². The second-order valence-electron chi connectivity index (χ2n) is 4.81. The number of rotatable bonds is 5. The van der Waals surface area contributed by atoms with E-state index < -0.39 is 16.1 Å². The molecular weight excluding hydrogens is 282 g/mol. The number of benzene rings is 2. The molecule has 2 rings (SSSR count). The summed E-state index contributed by atoms with van der Waals surface area (Å²) < 4.78 is 27.5. The van der Waals surface area contributed by atoms with Crippen LogP contribution in [0.4, 0.5) is 0 Å². The third kappa shape index (κ3) is 3.94. The van der Waals surface area contributed by atoms with Crippen LogP contribution in [0.15, 0.2) is 59.5 Å². The molecular formula is C17H17NO2S. The van der Waals surface area contributed by atoms with Gasteiger partial charge in [0.1, 0.15) is 0 Å². The molecule has 0 aromatic heterocycles. The monoisotopic (exact) mass is 299 g/mol. The molecule has 0 aliphatic carbocycles. The summed E-state index contributed by atoms with van der Waals surface area (Å²) >= 11 is 0. The lowest BCUT2D eigenvalue weighted by atomic mass is 10.1. The molecule has 4 heteroatoms. The highest BCUT2D eigenvalue weighted by molar-refractivity contribution is 7.89. The summed E-state index contributed by atoms with van der Waals surface area (Å²) in [5, 5.41) is 0. The molecule has 1 N–H and O–H groups in total. The summed E-state index contributed by atoms with van der Waals surface area (Å²) in [4.78, 5) is 0.242. The molecule has 3 nitrogen and oxygen atoms in total. The molecule has 108 valence electrons. The Labute approximate surface area is 126 Å². The smallest absolute Gasteiger partial charge is 0.207 e. The van der Waals surface area contributed by atoms with Gasteiger partial charge in [-0.25, -0.2) is 13.1 Å². The van der Waals surface area contributed by atoms with Crippen LogP contribution in [0.3, 0.4) is 0 Å². The average molecular weight is 299 g/mol. The van der Waals surface area contributed by atoms with E-state index in [1.54, 1.807) is 24.3 Å². The largest absolute Gasteiger partial charge is 0.241 e. The van der Waals surface area contributed by atoms with Crippen LogP contribution in [0, 0.1) is 19.3 Å². The molecule has 0 radical (unpaired) electrons. The van der Waals surface area contributed by atoms with Crippen molar-refractivity contribution in [2.75, 3.05) is 0 Å². The maximum absolute atomic E-state index is 12.4. The first-order valence-electron chi connectivity index (χ1n) is 6.60. The first kappa shape index (κ1) is 15.3. The summed E-state index contributed by atoms with van der Waals surface area (Å²) in [6.07, 6.45) is 5.66. The topological polar surface area (TPSA) is 46.2 Å². The molecule has 0 amide bonds.